The highest BCUT2D eigenvalue weighted by molar-refractivity contribution is 5.92. The van der Waals surface area contributed by atoms with E-state index in [0.717, 1.165) is 22.8 Å². The van der Waals surface area contributed by atoms with E-state index in [9.17, 15) is 9.59 Å². The van der Waals surface area contributed by atoms with Gasteiger partial charge < -0.3 is 14.2 Å². The van der Waals surface area contributed by atoms with Gasteiger partial charge in [-0.05, 0) is 70.8 Å². The van der Waals surface area contributed by atoms with Crippen LogP contribution in [0.5, 0.6) is 17.2 Å². The van der Waals surface area contributed by atoms with Crippen LogP contribution < -0.4 is 19.6 Å². The fourth-order valence-corrected chi connectivity index (χ4v) is 3.75. The maximum atomic E-state index is 12.6. The van der Waals surface area contributed by atoms with Crippen molar-refractivity contribution in [1.82, 2.24) is 5.43 Å². The van der Waals surface area contributed by atoms with Gasteiger partial charge in [0.15, 0.2) is 11.5 Å². The van der Waals surface area contributed by atoms with Crippen LogP contribution >= 0.6 is 0 Å². The van der Waals surface area contributed by atoms with Crippen molar-refractivity contribution in [2.75, 3.05) is 13.7 Å². The number of ether oxygens (including phenoxy) is 3. The third-order valence-electron chi connectivity index (χ3n) is 5.59. The summed E-state index contributed by atoms with van der Waals surface area (Å²) in [5.41, 5.74) is 4.55. The number of carbonyl (C=O) groups is 2. The molecule has 7 nitrogen and oxygen atoms in total. The Labute approximate surface area is 215 Å². The molecule has 0 spiro atoms. The van der Waals surface area contributed by atoms with E-state index < -0.39 is 5.97 Å². The number of amides is 1. The third-order valence-corrected chi connectivity index (χ3v) is 5.59. The summed E-state index contributed by atoms with van der Waals surface area (Å²) in [7, 11) is 1.49. The fraction of sp³-hybridized carbons (Fsp3) is 0.167. The SMILES string of the molecule is CCCOc1ccc(C(=O)Oc2ccc(/C=N\NC(=O)Cc3cccc4ccccc34)cc2OC)cc1. The van der Waals surface area contributed by atoms with Crippen LogP contribution in [0.1, 0.15) is 34.8 Å². The van der Waals surface area contributed by atoms with Crippen molar-refractivity contribution < 1.29 is 23.8 Å². The Balaban J connectivity index is 1.36. The number of methoxy groups -OCH3 is 1. The Hall–Kier alpha value is -4.65. The molecule has 4 rings (SSSR count). The Morgan fingerprint density at radius 3 is 2.49 bits per heavy atom. The number of fused-ring (bicyclic) bond motifs is 1. The summed E-state index contributed by atoms with van der Waals surface area (Å²) in [5.74, 6) is 0.598. The van der Waals surface area contributed by atoms with E-state index in [2.05, 4.69) is 10.5 Å². The minimum Gasteiger partial charge on any atom is -0.494 e. The molecule has 0 aliphatic heterocycles. The molecular formula is C30H28N2O5. The molecule has 7 heteroatoms. The van der Waals surface area contributed by atoms with Crippen LogP contribution in [0.3, 0.4) is 0 Å². The molecule has 1 amide bonds. The van der Waals surface area contributed by atoms with Crippen LogP contribution in [0.15, 0.2) is 90.0 Å². The molecule has 0 atom stereocenters. The predicted octanol–water partition coefficient (Wildman–Crippen LogP) is 5.55. The molecule has 0 saturated heterocycles. The van der Waals surface area contributed by atoms with Gasteiger partial charge in [0, 0.05) is 0 Å². The standard InChI is InChI=1S/C30H28N2O5/c1-3-17-36-25-14-12-23(13-15-25)30(34)37-27-16-11-21(18-28(27)35-2)20-31-32-29(33)19-24-9-6-8-22-7-4-5-10-26(22)24/h4-16,18,20H,3,17,19H2,1-2H3,(H,32,33)/b31-20-. The van der Waals surface area contributed by atoms with E-state index in [-0.39, 0.29) is 18.1 Å². The van der Waals surface area contributed by atoms with Crippen molar-refractivity contribution in [2.24, 2.45) is 5.10 Å². The number of nitrogens with zero attached hydrogens (tertiary/aromatic N) is 1. The van der Waals surface area contributed by atoms with Crippen molar-refractivity contribution in [1.29, 1.82) is 0 Å². The number of rotatable bonds is 10. The second-order valence-corrected chi connectivity index (χ2v) is 8.28. The monoisotopic (exact) mass is 496 g/mol. The molecule has 0 radical (unpaired) electrons. The van der Waals surface area contributed by atoms with E-state index >= 15 is 0 Å². The predicted molar refractivity (Wildman–Crippen MR) is 144 cm³/mol. The lowest BCUT2D eigenvalue weighted by Crippen LogP contribution is -2.19. The van der Waals surface area contributed by atoms with Crippen molar-refractivity contribution in [3.8, 4) is 17.2 Å². The first-order chi connectivity index (χ1) is 18.1. The fourth-order valence-electron chi connectivity index (χ4n) is 3.75. The molecule has 4 aromatic carbocycles. The van der Waals surface area contributed by atoms with E-state index in [4.69, 9.17) is 14.2 Å². The van der Waals surface area contributed by atoms with E-state index in [0.29, 0.717) is 29.2 Å². The van der Waals surface area contributed by atoms with E-state index in [1.165, 1.54) is 13.3 Å². The average molecular weight is 497 g/mol. The lowest BCUT2D eigenvalue weighted by molar-refractivity contribution is -0.120. The zero-order valence-electron chi connectivity index (χ0n) is 20.8. The highest BCUT2D eigenvalue weighted by atomic mass is 16.6. The van der Waals surface area contributed by atoms with Gasteiger partial charge in [0.05, 0.1) is 31.9 Å². The maximum Gasteiger partial charge on any atom is 0.343 e. The Bertz CT molecular complexity index is 1410. The van der Waals surface area contributed by atoms with Crippen molar-refractivity contribution in [3.05, 3.63) is 102 Å². The van der Waals surface area contributed by atoms with Gasteiger partial charge in [0.1, 0.15) is 5.75 Å². The molecule has 0 fully saturated rings. The van der Waals surface area contributed by atoms with Gasteiger partial charge in [0.2, 0.25) is 5.91 Å². The largest absolute Gasteiger partial charge is 0.494 e. The molecule has 1 N–H and O–H groups in total. The smallest absolute Gasteiger partial charge is 0.343 e. The van der Waals surface area contributed by atoms with Crippen LogP contribution in [0, 0.1) is 0 Å². The second-order valence-electron chi connectivity index (χ2n) is 8.28. The molecule has 0 aliphatic carbocycles. The molecule has 188 valence electrons. The zero-order chi connectivity index (χ0) is 26.0. The van der Waals surface area contributed by atoms with Crippen molar-refractivity contribution in [2.45, 2.75) is 19.8 Å². The molecule has 37 heavy (non-hydrogen) atoms. The summed E-state index contributed by atoms with van der Waals surface area (Å²) in [4.78, 5) is 25.0. The lowest BCUT2D eigenvalue weighted by Gasteiger charge is -2.10. The van der Waals surface area contributed by atoms with Gasteiger partial charge >= 0.3 is 5.97 Å². The van der Waals surface area contributed by atoms with Crippen LogP contribution in [-0.2, 0) is 11.2 Å². The van der Waals surface area contributed by atoms with Crippen LogP contribution in [0.2, 0.25) is 0 Å². The molecule has 0 unspecified atom stereocenters. The topological polar surface area (TPSA) is 86.2 Å². The highest BCUT2D eigenvalue weighted by Crippen LogP contribution is 2.28. The molecule has 0 aromatic heterocycles. The van der Waals surface area contributed by atoms with Gasteiger partial charge in [-0.3, -0.25) is 4.79 Å². The molecule has 0 heterocycles. The first-order valence-corrected chi connectivity index (χ1v) is 12.0. The Morgan fingerprint density at radius 2 is 1.70 bits per heavy atom. The van der Waals surface area contributed by atoms with Gasteiger partial charge in [-0.15, -0.1) is 0 Å². The van der Waals surface area contributed by atoms with Gasteiger partial charge in [-0.2, -0.15) is 5.10 Å². The van der Waals surface area contributed by atoms with Crippen LogP contribution in [0.4, 0.5) is 0 Å². The van der Waals surface area contributed by atoms with Crippen molar-refractivity contribution in [3.63, 3.8) is 0 Å². The first-order valence-electron chi connectivity index (χ1n) is 12.0. The minimum absolute atomic E-state index is 0.211. The highest BCUT2D eigenvalue weighted by Gasteiger charge is 2.13. The van der Waals surface area contributed by atoms with Crippen molar-refractivity contribution >= 4 is 28.9 Å². The summed E-state index contributed by atoms with van der Waals surface area (Å²) in [6.07, 6.45) is 2.62. The Kier molecular flexibility index (Phi) is 8.49. The number of carbonyl (C=O) groups excluding carboxylic acids is 2. The van der Waals surface area contributed by atoms with Crippen LogP contribution in [-0.4, -0.2) is 31.8 Å². The van der Waals surface area contributed by atoms with Crippen LogP contribution in [0.25, 0.3) is 10.8 Å². The summed E-state index contributed by atoms with van der Waals surface area (Å²) in [6, 6.07) is 25.6. The summed E-state index contributed by atoms with van der Waals surface area (Å²) in [5, 5.41) is 6.19. The summed E-state index contributed by atoms with van der Waals surface area (Å²) < 4.78 is 16.5. The molecule has 4 aromatic rings. The number of hydrogen-bond acceptors (Lipinski definition) is 6. The number of hydrogen-bond donors (Lipinski definition) is 1. The number of nitrogens with one attached hydrogen (secondary N) is 1. The summed E-state index contributed by atoms with van der Waals surface area (Å²) >= 11 is 0. The zero-order valence-corrected chi connectivity index (χ0v) is 20.8. The summed E-state index contributed by atoms with van der Waals surface area (Å²) in [6.45, 7) is 2.64. The third kappa shape index (κ3) is 6.73. The number of esters is 1. The normalized spacial score (nSPS) is 10.9. The molecule has 0 aliphatic rings. The maximum absolute atomic E-state index is 12.6. The lowest BCUT2D eigenvalue weighted by atomic mass is 10.0. The second kappa shape index (κ2) is 12.4. The van der Waals surface area contributed by atoms with Gasteiger partial charge in [-0.25, -0.2) is 10.2 Å². The van der Waals surface area contributed by atoms with E-state index in [1.807, 2.05) is 49.4 Å². The number of hydrazone groups is 1. The first kappa shape index (κ1) is 25.4. The van der Waals surface area contributed by atoms with E-state index in [1.54, 1.807) is 42.5 Å². The quantitative estimate of drug-likeness (QED) is 0.135. The minimum atomic E-state index is -0.512. The van der Waals surface area contributed by atoms with Gasteiger partial charge in [-0.1, -0.05) is 49.4 Å². The van der Waals surface area contributed by atoms with Gasteiger partial charge in [0.25, 0.3) is 0 Å². The molecular weight excluding hydrogens is 468 g/mol. The average Bonchev–Trinajstić information content (AvgIpc) is 2.93. The number of benzene rings is 4. The Morgan fingerprint density at radius 1 is 0.919 bits per heavy atom. The molecule has 0 saturated carbocycles. The molecule has 0 bridgehead atoms.